The molecule has 0 fully saturated rings. The number of methoxy groups -OCH3 is 1. The first-order valence-corrected chi connectivity index (χ1v) is 7.37. The van der Waals surface area contributed by atoms with Crippen molar-refractivity contribution in [3.05, 3.63) is 52.4 Å². The van der Waals surface area contributed by atoms with Crippen molar-refractivity contribution < 1.29 is 27.9 Å². The van der Waals surface area contributed by atoms with Crippen LogP contribution in [0.5, 0.6) is 0 Å². The zero-order chi connectivity index (χ0) is 17.3. The van der Waals surface area contributed by atoms with Gasteiger partial charge >= 0.3 is 5.97 Å². The number of benzene rings is 1. The lowest BCUT2D eigenvalue weighted by atomic mass is 9.91. The number of halogens is 2. The molecule has 3 rings (SSSR count). The number of fused-ring (bicyclic) bond motifs is 1. The van der Waals surface area contributed by atoms with Crippen LogP contribution in [0.2, 0.25) is 0 Å². The summed E-state index contributed by atoms with van der Waals surface area (Å²) in [6.45, 7) is 0.785. The first kappa shape index (κ1) is 16.5. The molecule has 0 saturated heterocycles. The quantitative estimate of drug-likeness (QED) is 0.901. The maximum absolute atomic E-state index is 14.0. The number of carboxylic acids is 1. The van der Waals surface area contributed by atoms with Crippen LogP contribution < -0.4 is 0 Å². The summed E-state index contributed by atoms with van der Waals surface area (Å²) < 4.78 is 37.3. The summed E-state index contributed by atoms with van der Waals surface area (Å²) in [5.41, 5.74) is 1.69. The number of carbonyl (C=O) groups is 1. The Hall–Kier alpha value is -2.32. The van der Waals surface area contributed by atoms with Gasteiger partial charge in [0, 0.05) is 25.8 Å². The van der Waals surface area contributed by atoms with E-state index in [1.807, 2.05) is 0 Å². The van der Waals surface area contributed by atoms with Gasteiger partial charge in [0.25, 0.3) is 0 Å². The predicted molar refractivity (Wildman–Crippen MR) is 78.1 cm³/mol. The summed E-state index contributed by atoms with van der Waals surface area (Å²) in [5.74, 6) is -3.05. The Balaban J connectivity index is 1.93. The van der Waals surface area contributed by atoms with E-state index < -0.39 is 23.6 Å². The van der Waals surface area contributed by atoms with Crippen LogP contribution in [0.15, 0.2) is 22.9 Å². The minimum atomic E-state index is -1.12. The molecular formula is C16H16F2N2O4. The molecule has 0 radical (unpaired) electrons. The van der Waals surface area contributed by atoms with Crippen LogP contribution in [0.25, 0.3) is 0 Å². The molecule has 1 atom stereocenters. The standard InChI is InChI=1S/C16H16F2N2O4/c1-23-8-13-9(7-24-19-13)6-20-5-4-10-11(15(20)16(21)22)2-3-12(17)14(10)18/h2-3,7,15H,4-6,8H2,1H3,(H,21,22). The lowest BCUT2D eigenvalue weighted by Gasteiger charge is -2.34. The molecule has 0 saturated carbocycles. The Morgan fingerprint density at radius 1 is 1.50 bits per heavy atom. The largest absolute Gasteiger partial charge is 0.480 e. The maximum Gasteiger partial charge on any atom is 0.325 e. The second kappa shape index (κ2) is 6.66. The molecule has 2 heterocycles. The fourth-order valence-electron chi connectivity index (χ4n) is 3.04. The summed E-state index contributed by atoms with van der Waals surface area (Å²) >= 11 is 0. The molecule has 1 aliphatic heterocycles. The molecule has 1 unspecified atom stereocenters. The van der Waals surface area contributed by atoms with E-state index >= 15 is 0 Å². The Morgan fingerprint density at radius 3 is 3.00 bits per heavy atom. The third kappa shape index (κ3) is 2.90. The van der Waals surface area contributed by atoms with E-state index in [9.17, 15) is 18.7 Å². The number of nitrogens with zero attached hydrogens (tertiary/aromatic N) is 2. The average Bonchev–Trinajstić information content (AvgIpc) is 2.98. The lowest BCUT2D eigenvalue weighted by Crippen LogP contribution is -2.39. The van der Waals surface area contributed by atoms with E-state index in [1.165, 1.54) is 19.4 Å². The van der Waals surface area contributed by atoms with Gasteiger partial charge in [0.2, 0.25) is 0 Å². The van der Waals surface area contributed by atoms with Gasteiger partial charge in [0.05, 0.1) is 6.61 Å². The highest BCUT2D eigenvalue weighted by atomic mass is 19.2. The monoisotopic (exact) mass is 338 g/mol. The second-order valence-corrected chi connectivity index (χ2v) is 5.61. The summed E-state index contributed by atoms with van der Waals surface area (Å²) in [7, 11) is 1.52. The molecule has 2 aromatic rings. The Morgan fingerprint density at radius 2 is 2.29 bits per heavy atom. The smallest absolute Gasteiger partial charge is 0.325 e. The highest BCUT2D eigenvalue weighted by molar-refractivity contribution is 5.76. The van der Waals surface area contributed by atoms with Crippen molar-refractivity contribution >= 4 is 5.97 Å². The van der Waals surface area contributed by atoms with Crippen molar-refractivity contribution in [2.45, 2.75) is 25.6 Å². The van der Waals surface area contributed by atoms with Crippen molar-refractivity contribution in [1.82, 2.24) is 10.1 Å². The Labute approximate surface area is 136 Å². The molecule has 0 aliphatic carbocycles. The first-order valence-electron chi connectivity index (χ1n) is 7.37. The number of rotatable bonds is 5. The van der Waals surface area contributed by atoms with Crippen LogP contribution in [-0.4, -0.2) is 34.8 Å². The Kier molecular flexibility index (Phi) is 4.59. The molecule has 128 valence electrons. The number of hydrogen-bond donors (Lipinski definition) is 1. The number of ether oxygens (including phenoxy) is 1. The summed E-state index contributed by atoms with van der Waals surface area (Å²) in [5, 5.41) is 13.4. The van der Waals surface area contributed by atoms with E-state index in [0.29, 0.717) is 11.3 Å². The summed E-state index contributed by atoms with van der Waals surface area (Å²) in [6.07, 6.45) is 1.67. The van der Waals surface area contributed by atoms with Crippen molar-refractivity contribution in [3.8, 4) is 0 Å². The zero-order valence-electron chi connectivity index (χ0n) is 13.0. The lowest BCUT2D eigenvalue weighted by molar-refractivity contribution is -0.144. The van der Waals surface area contributed by atoms with Gasteiger partial charge in [-0.1, -0.05) is 11.2 Å². The number of carboxylic acid groups (broad SMARTS) is 1. The topological polar surface area (TPSA) is 75.8 Å². The van der Waals surface area contributed by atoms with E-state index in [2.05, 4.69) is 5.16 Å². The number of aromatic nitrogens is 1. The second-order valence-electron chi connectivity index (χ2n) is 5.61. The van der Waals surface area contributed by atoms with Crippen molar-refractivity contribution in [1.29, 1.82) is 0 Å². The van der Waals surface area contributed by atoms with Gasteiger partial charge in [0.15, 0.2) is 11.6 Å². The van der Waals surface area contributed by atoms with Crippen LogP contribution in [-0.2, 0) is 29.1 Å². The van der Waals surface area contributed by atoms with Gasteiger partial charge in [-0.25, -0.2) is 8.78 Å². The molecule has 24 heavy (non-hydrogen) atoms. The summed E-state index contributed by atoms with van der Waals surface area (Å²) in [6, 6.07) is 1.24. The predicted octanol–water partition coefficient (Wildman–Crippen LogP) is 2.28. The van der Waals surface area contributed by atoms with Crippen molar-refractivity contribution in [3.63, 3.8) is 0 Å². The minimum Gasteiger partial charge on any atom is -0.480 e. The fourth-order valence-corrected chi connectivity index (χ4v) is 3.04. The molecule has 0 bridgehead atoms. The molecule has 1 aromatic carbocycles. The molecule has 1 aliphatic rings. The van der Waals surface area contributed by atoms with Gasteiger partial charge in [-0.3, -0.25) is 9.69 Å². The van der Waals surface area contributed by atoms with E-state index in [4.69, 9.17) is 9.26 Å². The highest BCUT2D eigenvalue weighted by Crippen LogP contribution is 2.33. The third-order valence-corrected chi connectivity index (χ3v) is 4.16. The van der Waals surface area contributed by atoms with Crippen molar-refractivity contribution in [2.24, 2.45) is 0 Å². The average molecular weight is 338 g/mol. The number of hydrogen-bond acceptors (Lipinski definition) is 5. The first-order chi connectivity index (χ1) is 11.5. The molecular weight excluding hydrogens is 322 g/mol. The van der Waals surface area contributed by atoms with Crippen LogP contribution in [0.4, 0.5) is 8.78 Å². The van der Waals surface area contributed by atoms with Crippen LogP contribution in [0.1, 0.15) is 28.4 Å². The zero-order valence-corrected chi connectivity index (χ0v) is 13.0. The maximum atomic E-state index is 14.0. The SMILES string of the molecule is COCc1nocc1CN1CCc2c(ccc(F)c2F)C1C(=O)O. The van der Waals surface area contributed by atoms with Crippen molar-refractivity contribution in [2.75, 3.05) is 13.7 Å². The molecule has 0 amide bonds. The van der Waals surface area contributed by atoms with Gasteiger partial charge < -0.3 is 14.4 Å². The van der Waals surface area contributed by atoms with E-state index in [-0.39, 0.29) is 37.2 Å². The van der Waals surface area contributed by atoms with Gasteiger partial charge in [-0.15, -0.1) is 0 Å². The normalized spacial score (nSPS) is 17.7. The number of aliphatic carboxylic acids is 1. The highest BCUT2D eigenvalue weighted by Gasteiger charge is 2.35. The molecule has 0 spiro atoms. The molecule has 8 heteroatoms. The Bertz CT molecular complexity index is 763. The van der Waals surface area contributed by atoms with Gasteiger partial charge in [0.1, 0.15) is 18.0 Å². The van der Waals surface area contributed by atoms with Crippen LogP contribution >= 0.6 is 0 Å². The van der Waals surface area contributed by atoms with Gasteiger partial charge in [-0.2, -0.15) is 0 Å². The van der Waals surface area contributed by atoms with E-state index in [1.54, 1.807) is 4.90 Å². The summed E-state index contributed by atoms with van der Waals surface area (Å²) in [4.78, 5) is 13.4. The van der Waals surface area contributed by atoms with Crippen LogP contribution in [0.3, 0.4) is 0 Å². The molecule has 1 aromatic heterocycles. The molecule has 6 nitrogen and oxygen atoms in total. The van der Waals surface area contributed by atoms with Crippen LogP contribution in [0, 0.1) is 11.6 Å². The third-order valence-electron chi connectivity index (χ3n) is 4.16. The van der Waals surface area contributed by atoms with Gasteiger partial charge in [-0.05, 0) is 23.6 Å². The fraction of sp³-hybridized carbons (Fsp3) is 0.375. The minimum absolute atomic E-state index is 0.126. The van der Waals surface area contributed by atoms with E-state index in [0.717, 1.165) is 6.07 Å². The molecule has 1 N–H and O–H groups in total.